The lowest BCUT2D eigenvalue weighted by Crippen LogP contribution is -2.03. The highest BCUT2D eigenvalue weighted by atomic mass is 35.5. The molecule has 4 nitrogen and oxygen atoms in total. The molecule has 0 amide bonds. The number of carboxylic acids is 1. The van der Waals surface area contributed by atoms with E-state index in [9.17, 15) is 4.79 Å². The van der Waals surface area contributed by atoms with Crippen LogP contribution in [-0.4, -0.2) is 17.7 Å². The molecule has 2 N–H and O–H groups in total. The second-order valence-electron chi connectivity index (χ2n) is 2.59. The van der Waals surface area contributed by atoms with E-state index >= 15 is 0 Å². The van der Waals surface area contributed by atoms with Crippen LogP contribution in [0, 0.1) is 12.3 Å². The van der Waals surface area contributed by atoms with E-state index in [1.807, 2.05) is 0 Å². The molecule has 0 unspecified atom stereocenters. The standard InChI is InChI=1S/C10H8ClNO3/c1-2-5-15-12-9-4-3-7(10(13)14)6-8(9)11/h1,3-4,6,12H,5H2,(H,13,14). The third-order valence-electron chi connectivity index (χ3n) is 1.55. The number of anilines is 1. The molecule has 0 spiro atoms. The summed E-state index contributed by atoms with van der Waals surface area (Å²) in [7, 11) is 0. The van der Waals surface area contributed by atoms with Crippen LogP contribution in [0.4, 0.5) is 5.69 Å². The van der Waals surface area contributed by atoms with Gasteiger partial charge in [-0.05, 0) is 18.2 Å². The van der Waals surface area contributed by atoms with Crippen LogP contribution in [0.15, 0.2) is 18.2 Å². The number of benzene rings is 1. The predicted molar refractivity (Wildman–Crippen MR) is 56.8 cm³/mol. The fourth-order valence-electron chi connectivity index (χ4n) is 0.886. The van der Waals surface area contributed by atoms with Gasteiger partial charge in [-0.25, -0.2) is 4.79 Å². The van der Waals surface area contributed by atoms with E-state index in [1.54, 1.807) is 0 Å². The van der Waals surface area contributed by atoms with Crippen LogP contribution < -0.4 is 5.48 Å². The summed E-state index contributed by atoms with van der Waals surface area (Å²) in [4.78, 5) is 15.4. The lowest BCUT2D eigenvalue weighted by Gasteiger charge is -2.06. The number of nitrogens with one attached hydrogen (secondary N) is 1. The summed E-state index contributed by atoms with van der Waals surface area (Å²) in [5.41, 5.74) is 3.10. The third-order valence-corrected chi connectivity index (χ3v) is 1.87. The van der Waals surface area contributed by atoms with Gasteiger partial charge in [-0.2, -0.15) is 0 Å². The highest BCUT2D eigenvalue weighted by Crippen LogP contribution is 2.22. The molecule has 0 bridgehead atoms. The van der Waals surface area contributed by atoms with E-state index < -0.39 is 5.97 Å². The molecule has 0 fully saturated rings. The number of carbonyl (C=O) groups is 1. The molecular formula is C10H8ClNO3. The largest absolute Gasteiger partial charge is 0.478 e. The van der Waals surface area contributed by atoms with Crippen LogP contribution in [0.1, 0.15) is 10.4 Å². The van der Waals surface area contributed by atoms with E-state index in [0.717, 1.165) is 0 Å². The van der Waals surface area contributed by atoms with E-state index in [2.05, 4.69) is 11.4 Å². The Morgan fingerprint density at radius 3 is 2.93 bits per heavy atom. The molecule has 0 heterocycles. The smallest absolute Gasteiger partial charge is 0.335 e. The molecule has 0 saturated heterocycles. The maximum Gasteiger partial charge on any atom is 0.335 e. The number of hydrogen-bond donors (Lipinski definition) is 2. The summed E-state index contributed by atoms with van der Waals surface area (Å²) in [5, 5.41) is 8.93. The molecule has 0 aliphatic rings. The molecule has 5 heteroatoms. The van der Waals surface area contributed by atoms with Gasteiger partial charge in [-0.15, -0.1) is 6.42 Å². The minimum atomic E-state index is -1.03. The van der Waals surface area contributed by atoms with Gasteiger partial charge in [-0.3, -0.25) is 10.3 Å². The highest BCUT2D eigenvalue weighted by Gasteiger charge is 2.06. The zero-order chi connectivity index (χ0) is 11.3. The van der Waals surface area contributed by atoms with Gasteiger partial charge in [0.2, 0.25) is 0 Å². The Hall–Kier alpha value is -1.70. The molecule has 0 aliphatic carbocycles. The molecule has 15 heavy (non-hydrogen) atoms. The Morgan fingerprint density at radius 1 is 1.67 bits per heavy atom. The second-order valence-corrected chi connectivity index (χ2v) is 3.00. The van der Waals surface area contributed by atoms with Gasteiger partial charge in [0, 0.05) is 0 Å². The minimum absolute atomic E-state index is 0.0943. The van der Waals surface area contributed by atoms with Crippen LogP contribution in [0.25, 0.3) is 0 Å². The average Bonchev–Trinajstić information content (AvgIpc) is 2.20. The first-order valence-electron chi connectivity index (χ1n) is 3.99. The van der Waals surface area contributed by atoms with Crippen molar-refractivity contribution in [3.8, 4) is 12.3 Å². The van der Waals surface area contributed by atoms with E-state index in [1.165, 1.54) is 18.2 Å². The van der Waals surface area contributed by atoms with Crippen molar-refractivity contribution in [3.63, 3.8) is 0 Å². The van der Waals surface area contributed by atoms with Crippen molar-refractivity contribution in [2.75, 3.05) is 12.1 Å². The first-order chi connectivity index (χ1) is 7.15. The summed E-state index contributed by atoms with van der Waals surface area (Å²) in [6.07, 6.45) is 4.97. The fraction of sp³-hybridized carbons (Fsp3) is 0.100. The number of aromatic carboxylic acids is 1. The van der Waals surface area contributed by atoms with Crippen LogP contribution in [0.3, 0.4) is 0 Å². The maximum absolute atomic E-state index is 10.6. The van der Waals surface area contributed by atoms with Crippen molar-refractivity contribution in [2.45, 2.75) is 0 Å². The zero-order valence-corrected chi connectivity index (χ0v) is 8.41. The summed E-state index contributed by atoms with van der Waals surface area (Å²) < 4.78 is 0. The Balaban J connectivity index is 2.76. The molecule has 1 rings (SSSR count). The van der Waals surface area contributed by atoms with Crippen molar-refractivity contribution in [1.82, 2.24) is 0 Å². The quantitative estimate of drug-likeness (QED) is 0.468. The zero-order valence-electron chi connectivity index (χ0n) is 7.66. The van der Waals surface area contributed by atoms with Crippen LogP contribution in [0.5, 0.6) is 0 Å². The summed E-state index contributed by atoms with van der Waals surface area (Å²) in [6, 6.07) is 4.24. The van der Waals surface area contributed by atoms with E-state index in [0.29, 0.717) is 5.69 Å². The van der Waals surface area contributed by atoms with Gasteiger partial charge >= 0.3 is 5.97 Å². The van der Waals surface area contributed by atoms with Crippen LogP contribution in [-0.2, 0) is 4.84 Å². The van der Waals surface area contributed by atoms with Gasteiger partial charge in [-0.1, -0.05) is 17.5 Å². The van der Waals surface area contributed by atoms with E-state index in [-0.39, 0.29) is 17.2 Å². The van der Waals surface area contributed by atoms with Crippen molar-refractivity contribution < 1.29 is 14.7 Å². The van der Waals surface area contributed by atoms with Crippen LogP contribution >= 0.6 is 11.6 Å². The third kappa shape index (κ3) is 3.17. The number of rotatable bonds is 4. The SMILES string of the molecule is C#CCONc1ccc(C(=O)O)cc1Cl. The molecule has 0 aromatic heterocycles. The number of halogens is 1. The van der Waals surface area contributed by atoms with Gasteiger partial charge in [0.1, 0.15) is 6.61 Å². The van der Waals surface area contributed by atoms with Crippen molar-refractivity contribution in [3.05, 3.63) is 28.8 Å². The van der Waals surface area contributed by atoms with Gasteiger partial charge in [0.15, 0.2) is 0 Å². The van der Waals surface area contributed by atoms with E-state index in [4.69, 9.17) is 28.0 Å². The monoisotopic (exact) mass is 225 g/mol. The molecule has 0 saturated carbocycles. The fourth-order valence-corrected chi connectivity index (χ4v) is 1.11. The lowest BCUT2D eigenvalue weighted by molar-refractivity contribution is 0.0697. The molecular weight excluding hydrogens is 218 g/mol. The molecule has 1 aromatic carbocycles. The summed E-state index contributed by atoms with van der Waals surface area (Å²) >= 11 is 5.79. The average molecular weight is 226 g/mol. The Kier molecular flexibility index (Phi) is 3.98. The number of carboxylic acid groups (broad SMARTS) is 1. The van der Waals surface area contributed by atoms with Gasteiger partial charge < -0.3 is 5.11 Å². The van der Waals surface area contributed by atoms with Crippen molar-refractivity contribution >= 4 is 23.3 Å². The molecule has 0 aliphatic heterocycles. The van der Waals surface area contributed by atoms with Crippen molar-refractivity contribution in [2.24, 2.45) is 0 Å². The summed E-state index contributed by atoms with van der Waals surface area (Å²) in [6.45, 7) is 0.0943. The lowest BCUT2D eigenvalue weighted by atomic mass is 10.2. The highest BCUT2D eigenvalue weighted by molar-refractivity contribution is 6.33. The van der Waals surface area contributed by atoms with Gasteiger partial charge in [0.25, 0.3) is 0 Å². The minimum Gasteiger partial charge on any atom is -0.478 e. The Morgan fingerprint density at radius 2 is 2.40 bits per heavy atom. The molecule has 78 valence electrons. The van der Waals surface area contributed by atoms with Crippen molar-refractivity contribution in [1.29, 1.82) is 0 Å². The molecule has 0 atom stereocenters. The first-order valence-corrected chi connectivity index (χ1v) is 4.37. The predicted octanol–water partition coefficient (Wildman–Crippen LogP) is 2.01. The summed E-state index contributed by atoms with van der Waals surface area (Å²) in [5.74, 6) is 1.23. The number of terminal acetylenes is 1. The molecule has 1 aromatic rings. The topological polar surface area (TPSA) is 58.6 Å². The second kappa shape index (κ2) is 5.25. The number of hydrogen-bond acceptors (Lipinski definition) is 3. The first kappa shape index (κ1) is 11.4. The Bertz CT molecular complexity index is 412. The van der Waals surface area contributed by atoms with Gasteiger partial charge in [0.05, 0.1) is 16.3 Å². The Labute approximate surface area is 91.8 Å². The van der Waals surface area contributed by atoms with Crippen LogP contribution in [0.2, 0.25) is 5.02 Å². The molecule has 0 radical (unpaired) electrons. The normalized spacial score (nSPS) is 9.33. The maximum atomic E-state index is 10.6.